The summed E-state index contributed by atoms with van der Waals surface area (Å²) >= 11 is 0. The summed E-state index contributed by atoms with van der Waals surface area (Å²) in [4.78, 5) is 2.26. The van der Waals surface area contributed by atoms with Gasteiger partial charge in [-0.3, -0.25) is 0 Å². The molecule has 0 aromatic heterocycles. The van der Waals surface area contributed by atoms with E-state index in [1.165, 1.54) is 0 Å². The van der Waals surface area contributed by atoms with Crippen LogP contribution in [-0.2, 0) is 4.74 Å². The van der Waals surface area contributed by atoms with Gasteiger partial charge in [0.1, 0.15) is 0 Å². The van der Waals surface area contributed by atoms with Gasteiger partial charge < -0.3 is 15.4 Å². The van der Waals surface area contributed by atoms with Gasteiger partial charge in [-0.05, 0) is 6.54 Å². The molecule has 1 heterocycles. The van der Waals surface area contributed by atoms with Gasteiger partial charge in [0.15, 0.2) is 0 Å². The van der Waals surface area contributed by atoms with Crippen LogP contribution in [0.2, 0.25) is 0 Å². The molecule has 4 heteroatoms. The fourth-order valence-electron chi connectivity index (χ4n) is 0.983. The van der Waals surface area contributed by atoms with Crippen molar-refractivity contribution in [3.8, 4) is 0 Å². The Bertz CT molecular complexity index is 73.4. The molecule has 1 aliphatic heterocycles. The molecule has 0 radical (unpaired) electrons. The van der Waals surface area contributed by atoms with Gasteiger partial charge in [-0.25, -0.2) is 0 Å². The second-order valence-corrected chi connectivity index (χ2v) is 2.20. The van der Waals surface area contributed by atoms with Crippen LogP contribution in [0.25, 0.3) is 5.73 Å². The third-order valence-corrected chi connectivity index (χ3v) is 1.53. The van der Waals surface area contributed by atoms with Gasteiger partial charge in [0, 0.05) is 13.1 Å². The largest absolute Gasteiger partial charge is 1.00 e. The monoisotopic (exact) mass is 168 g/mol. The molecule has 0 amide bonds. The van der Waals surface area contributed by atoms with Crippen molar-refractivity contribution in [2.24, 2.45) is 0 Å². The van der Waals surface area contributed by atoms with Crippen molar-refractivity contribution in [3.05, 3.63) is 5.73 Å². The zero-order valence-electron chi connectivity index (χ0n) is 6.60. The molecule has 1 fully saturated rings. The van der Waals surface area contributed by atoms with E-state index in [2.05, 4.69) is 4.90 Å². The third kappa shape index (κ3) is 4.41. The summed E-state index contributed by atoms with van der Waals surface area (Å²) in [7, 11) is 0. The molecule has 1 aliphatic rings. The van der Waals surface area contributed by atoms with Crippen LogP contribution in [0.4, 0.5) is 0 Å². The summed E-state index contributed by atoms with van der Waals surface area (Å²) in [6.45, 7) is 5.14. The summed E-state index contributed by atoms with van der Waals surface area (Å²) in [6.07, 6.45) is 0. The van der Waals surface area contributed by atoms with E-state index in [1.807, 2.05) is 0 Å². The van der Waals surface area contributed by atoms with Crippen LogP contribution in [0.15, 0.2) is 0 Å². The summed E-state index contributed by atoms with van der Waals surface area (Å²) in [6, 6.07) is 0. The van der Waals surface area contributed by atoms with Crippen molar-refractivity contribution < 1.29 is 56.1 Å². The van der Waals surface area contributed by atoms with E-state index in [9.17, 15) is 0 Å². The van der Waals surface area contributed by atoms with Gasteiger partial charge in [0.05, 0.1) is 13.2 Å². The Balaban J connectivity index is 0.000000810. The average Bonchev–Trinajstić information content (AvgIpc) is 1.91. The number of nitrogens with one attached hydrogen (secondary N) is 1. The van der Waals surface area contributed by atoms with Crippen LogP contribution in [0.3, 0.4) is 0 Å². The molecule has 1 rings (SSSR count). The maximum absolute atomic E-state index is 6.96. The third-order valence-electron chi connectivity index (χ3n) is 1.53. The Morgan fingerprint density at radius 3 is 2.40 bits per heavy atom. The second kappa shape index (κ2) is 7.18. The van der Waals surface area contributed by atoms with Crippen LogP contribution in [-0.4, -0.2) is 44.3 Å². The van der Waals surface area contributed by atoms with Gasteiger partial charge in [-0.15, -0.1) is 6.54 Å². The van der Waals surface area contributed by atoms with Gasteiger partial charge in [0.2, 0.25) is 0 Å². The molecule has 0 spiro atoms. The van der Waals surface area contributed by atoms with Crippen LogP contribution in [0, 0.1) is 0 Å². The SMILES string of the molecule is [K+].[NH-]CCN1CCOCC1. The molecule has 3 nitrogen and oxygen atoms in total. The van der Waals surface area contributed by atoms with E-state index in [0.29, 0.717) is 6.54 Å². The van der Waals surface area contributed by atoms with Crippen molar-refractivity contribution in [1.82, 2.24) is 4.90 Å². The van der Waals surface area contributed by atoms with Crippen LogP contribution >= 0.6 is 0 Å². The minimum Gasteiger partial charge on any atom is -0.676 e. The number of ether oxygens (including phenoxy) is 1. The normalized spacial score (nSPS) is 20.1. The molecule has 1 saturated heterocycles. The van der Waals surface area contributed by atoms with Crippen molar-refractivity contribution in [2.45, 2.75) is 0 Å². The molecule has 0 aromatic rings. The predicted molar refractivity (Wildman–Crippen MR) is 36.4 cm³/mol. The fourth-order valence-corrected chi connectivity index (χ4v) is 0.983. The Morgan fingerprint density at radius 1 is 1.30 bits per heavy atom. The standard InChI is InChI=1S/C6H13N2O.K/c7-1-2-8-3-5-9-6-4-8;/h7H,1-6H2;/q-1;+1. The molecule has 0 saturated carbocycles. The number of nitrogens with zero attached hydrogens (tertiary/aromatic N) is 1. The molecular formula is C6H13KN2O. The minimum atomic E-state index is 0. The first-order chi connectivity index (χ1) is 4.43. The number of morpholine rings is 1. The van der Waals surface area contributed by atoms with E-state index in [4.69, 9.17) is 10.5 Å². The molecule has 10 heavy (non-hydrogen) atoms. The summed E-state index contributed by atoms with van der Waals surface area (Å²) < 4.78 is 5.14. The Hall–Kier alpha value is 1.52. The molecule has 1 N–H and O–H groups in total. The van der Waals surface area contributed by atoms with Crippen molar-refractivity contribution in [3.63, 3.8) is 0 Å². The maximum atomic E-state index is 6.96. The van der Waals surface area contributed by atoms with Crippen LogP contribution < -0.4 is 51.4 Å². The number of hydrogen-bond donors (Lipinski definition) is 0. The van der Waals surface area contributed by atoms with E-state index in [-0.39, 0.29) is 51.4 Å². The summed E-state index contributed by atoms with van der Waals surface area (Å²) in [5, 5.41) is 0. The Kier molecular flexibility index (Phi) is 8.27. The Labute approximate surface area is 105 Å². The van der Waals surface area contributed by atoms with Gasteiger partial charge in [0.25, 0.3) is 0 Å². The van der Waals surface area contributed by atoms with Crippen LogP contribution in [0.5, 0.6) is 0 Å². The molecule has 0 unspecified atom stereocenters. The van der Waals surface area contributed by atoms with Gasteiger partial charge in [-0.2, -0.15) is 0 Å². The zero-order chi connectivity index (χ0) is 6.53. The number of hydrogen-bond acceptors (Lipinski definition) is 2. The number of rotatable bonds is 2. The summed E-state index contributed by atoms with van der Waals surface area (Å²) in [5.74, 6) is 0. The predicted octanol–water partition coefficient (Wildman–Crippen LogP) is -2.63. The van der Waals surface area contributed by atoms with E-state index in [0.717, 1.165) is 32.8 Å². The van der Waals surface area contributed by atoms with Gasteiger partial charge >= 0.3 is 51.4 Å². The van der Waals surface area contributed by atoms with E-state index >= 15 is 0 Å². The minimum absolute atomic E-state index is 0. The second-order valence-electron chi connectivity index (χ2n) is 2.20. The first-order valence-electron chi connectivity index (χ1n) is 3.38. The molecule has 54 valence electrons. The average molecular weight is 168 g/mol. The first-order valence-corrected chi connectivity index (χ1v) is 3.38. The Morgan fingerprint density at radius 2 is 1.90 bits per heavy atom. The summed E-state index contributed by atoms with van der Waals surface area (Å²) in [5.41, 5.74) is 6.96. The van der Waals surface area contributed by atoms with Crippen molar-refractivity contribution in [1.29, 1.82) is 0 Å². The van der Waals surface area contributed by atoms with Crippen LogP contribution in [0.1, 0.15) is 0 Å². The topological polar surface area (TPSA) is 36.3 Å². The molecule has 0 bridgehead atoms. The quantitative estimate of drug-likeness (QED) is 0.423. The smallest absolute Gasteiger partial charge is 0.676 e. The maximum Gasteiger partial charge on any atom is 1.00 e. The molecule has 0 aliphatic carbocycles. The van der Waals surface area contributed by atoms with Crippen molar-refractivity contribution in [2.75, 3.05) is 39.4 Å². The van der Waals surface area contributed by atoms with Crippen molar-refractivity contribution >= 4 is 0 Å². The first kappa shape index (κ1) is 11.5. The zero-order valence-corrected chi connectivity index (χ0v) is 9.72. The van der Waals surface area contributed by atoms with E-state index in [1.54, 1.807) is 0 Å². The molecule has 0 aromatic carbocycles. The molecule has 0 atom stereocenters. The van der Waals surface area contributed by atoms with Gasteiger partial charge in [-0.1, -0.05) is 0 Å². The molecular weight excluding hydrogens is 155 g/mol. The van der Waals surface area contributed by atoms with E-state index < -0.39 is 0 Å². The fraction of sp³-hybridized carbons (Fsp3) is 1.00.